The van der Waals surface area contributed by atoms with Crippen molar-refractivity contribution in [2.75, 3.05) is 5.32 Å². The molecule has 0 fully saturated rings. The maximum absolute atomic E-state index is 14.4. The molecule has 1 aromatic carbocycles. The number of fused-ring (bicyclic) bond motifs is 1. The van der Waals surface area contributed by atoms with Crippen molar-refractivity contribution in [3.8, 4) is 0 Å². The van der Waals surface area contributed by atoms with Crippen LogP contribution in [0.1, 0.15) is 27.0 Å². The molecule has 4 rings (SSSR count). The molecule has 0 spiro atoms. The summed E-state index contributed by atoms with van der Waals surface area (Å²) in [5.41, 5.74) is -6.42. The van der Waals surface area contributed by atoms with Crippen LogP contribution >= 0.6 is 0 Å². The van der Waals surface area contributed by atoms with E-state index in [0.29, 0.717) is 11.1 Å². The second kappa shape index (κ2) is 7.73. The number of aryl methyl sites for hydroxylation is 1. The van der Waals surface area contributed by atoms with E-state index in [-0.39, 0.29) is 12.1 Å². The molecule has 3 heterocycles. The minimum atomic E-state index is -5.41. The first-order chi connectivity index (χ1) is 15.5. The quantitative estimate of drug-likeness (QED) is 0.544. The van der Waals surface area contributed by atoms with Gasteiger partial charge in [-0.2, -0.15) is 13.2 Å². The van der Waals surface area contributed by atoms with E-state index in [0.717, 1.165) is 4.57 Å². The third-order valence-electron chi connectivity index (χ3n) is 5.22. The second-order valence-electron chi connectivity index (χ2n) is 7.46. The molecular formula is C21H16F3N5O4. The molecule has 0 saturated heterocycles. The zero-order chi connectivity index (χ0) is 24.0. The van der Waals surface area contributed by atoms with E-state index in [1.165, 1.54) is 30.6 Å². The van der Waals surface area contributed by atoms with Crippen molar-refractivity contribution >= 4 is 17.6 Å². The normalized spacial score (nSPS) is 17.4. The summed E-state index contributed by atoms with van der Waals surface area (Å²) in [6, 6.07) is 8.81. The Morgan fingerprint density at radius 2 is 1.94 bits per heavy atom. The van der Waals surface area contributed by atoms with Crippen LogP contribution in [-0.4, -0.2) is 32.5 Å². The number of nitrogens with one attached hydrogen (secondary N) is 3. The van der Waals surface area contributed by atoms with Gasteiger partial charge in [-0.25, -0.2) is 4.79 Å². The van der Waals surface area contributed by atoms with Gasteiger partial charge in [0.15, 0.2) is 0 Å². The predicted octanol–water partition coefficient (Wildman–Crippen LogP) is 1.43. The van der Waals surface area contributed by atoms with Crippen molar-refractivity contribution < 1.29 is 22.8 Å². The number of alkyl halides is 3. The van der Waals surface area contributed by atoms with Crippen LogP contribution in [0.2, 0.25) is 0 Å². The summed E-state index contributed by atoms with van der Waals surface area (Å²) in [7, 11) is 0. The first kappa shape index (κ1) is 22.0. The van der Waals surface area contributed by atoms with E-state index in [4.69, 9.17) is 0 Å². The largest absolute Gasteiger partial charge is 0.425 e. The second-order valence-corrected chi connectivity index (χ2v) is 7.46. The fourth-order valence-electron chi connectivity index (χ4n) is 3.68. The highest BCUT2D eigenvalue weighted by Gasteiger charge is 2.68. The van der Waals surface area contributed by atoms with Gasteiger partial charge >= 0.3 is 11.9 Å². The molecule has 170 valence electrons. The van der Waals surface area contributed by atoms with Crippen molar-refractivity contribution in [3.05, 3.63) is 91.9 Å². The molecule has 0 saturated carbocycles. The number of hydrogen-bond acceptors (Lipinski definition) is 5. The molecule has 0 aliphatic carbocycles. The highest BCUT2D eigenvalue weighted by atomic mass is 19.4. The molecule has 12 heteroatoms. The van der Waals surface area contributed by atoms with Gasteiger partial charge in [0.05, 0.1) is 6.54 Å². The maximum Gasteiger partial charge on any atom is 0.425 e. The van der Waals surface area contributed by atoms with Crippen LogP contribution in [0.25, 0.3) is 0 Å². The predicted molar refractivity (Wildman–Crippen MR) is 110 cm³/mol. The van der Waals surface area contributed by atoms with Crippen LogP contribution in [0.3, 0.4) is 0 Å². The Labute approximate surface area is 183 Å². The molecule has 2 amide bonds. The first-order valence-corrected chi connectivity index (χ1v) is 9.58. The molecule has 9 nitrogen and oxygen atoms in total. The first-order valence-electron chi connectivity index (χ1n) is 9.58. The van der Waals surface area contributed by atoms with Crippen molar-refractivity contribution in [2.24, 2.45) is 0 Å². The van der Waals surface area contributed by atoms with Crippen LogP contribution in [0.4, 0.5) is 19.0 Å². The summed E-state index contributed by atoms with van der Waals surface area (Å²) < 4.78 is 44.0. The third kappa shape index (κ3) is 3.58. The summed E-state index contributed by atoms with van der Waals surface area (Å²) in [5, 5.41) is 3.69. The van der Waals surface area contributed by atoms with Crippen molar-refractivity contribution in [1.29, 1.82) is 0 Å². The smallest absolute Gasteiger partial charge is 0.326 e. The lowest BCUT2D eigenvalue weighted by Crippen LogP contribution is -2.62. The van der Waals surface area contributed by atoms with Gasteiger partial charge in [-0.3, -0.25) is 28.9 Å². The van der Waals surface area contributed by atoms with Crippen molar-refractivity contribution in [2.45, 2.75) is 25.2 Å². The Morgan fingerprint density at radius 3 is 2.58 bits per heavy atom. The van der Waals surface area contributed by atoms with E-state index in [2.05, 4.69) is 4.98 Å². The highest BCUT2D eigenvalue weighted by molar-refractivity contribution is 6.09. The summed E-state index contributed by atoms with van der Waals surface area (Å²) in [4.78, 5) is 56.2. The Bertz CT molecular complexity index is 1380. The van der Waals surface area contributed by atoms with E-state index >= 15 is 0 Å². The number of anilines is 1. The van der Waals surface area contributed by atoms with Gasteiger partial charge in [-0.05, 0) is 30.7 Å². The molecule has 0 radical (unpaired) electrons. The number of H-pyrrole nitrogens is 1. The van der Waals surface area contributed by atoms with Crippen LogP contribution in [0.15, 0.2) is 58.4 Å². The minimum absolute atomic E-state index is 0.139. The molecule has 3 aromatic rings. The van der Waals surface area contributed by atoms with E-state index in [1.54, 1.807) is 30.4 Å². The lowest BCUT2D eigenvalue weighted by atomic mass is 9.91. The number of carbonyl (C=O) groups excluding carboxylic acids is 2. The molecule has 0 bridgehead atoms. The van der Waals surface area contributed by atoms with Gasteiger partial charge in [0.25, 0.3) is 22.9 Å². The summed E-state index contributed by atoms with van der Waals surface area (Å²) in [6.07, 6.45) is -2.58. The number of benzene rings is 1. The van der Waals surface area contributed by atoms with Gasteiger partial charge in [0, 0.05) is 18.0 Å². The average Bonchev–Trinajstić information content (AvgIpc) is 3.05. The number of aromatic amines is 1. The van der Waals surface area contributed by atoms with Crippen LogP contribution in [0.5, 0.6) is 0 Å². The zero-order valence-corrected chi connectivity index (χ0v) is 17.0. The number of rotatable bonds is 4. The number of hydrogen-bond donors (Lipinski definition) is 3. The highest BCUT2D eigenvalue weighted by Crippen LogP contribution is 2.45. The number of halogens is 3. The standard InChI is InChI=1S/C21H16F3N5O4/c1-11-4-2-6-13(8-11)16(30)28-20(21(22,23)24)14-15(26-18(20)32)29(19(33)27-17(14)31)10-12-5-3-7-25-9-12/h2-9H,10H2,1H3,(H,26,32)(H,28,30)(H,27,31,33)/t20-/m1/s1. The third-order valence-corrected chi connectivity index (χ3v) is 5.22. The van der Waals surface area contributed by atoms with Gasteiger partial charge in [-0.15, -0.1) is 0 Å². The Hall–Kier alpha value is -4.22. The Balaban J connectivity index is 1.90. The zero-order valence-electron chi connectivity index (χ0n) is 17.0. The van der Waals surface area contributed by atoms with E-state index < -0.39 is 46.2 Å². The van der Waals surface area contributed by atoms with Gasteiger partial charge in [-0.1, -0.05) is 23.8 Å². The average molecular weight is 459 g/mol. The molecule has 0 unspecified atom stereocenters. The molecular weight excluding hydrogens is 443 g/mol. The van der Waals surface area contributed by atoms with Gasteiger partial charge < -0.3 is 10.6 Å². The molecule has 33 heavy (non-hydrogen) atoms. The molecule has 3 N–H and O–H groups in total. The summed E-state index contributed by atoms with van der Waals surface area (Å²) >= 11 is 0. The monoisotopic (exact) mass is 459 g/mol. The Morgan fingerprint density at radius 1 is 1.18 bits per heavy atom. The van der Waals surface area contributed by atoms with Gasteiger partial charge in [0.1, 0.15) is 11.4 Å². The lowest BCUT2D eigenvalue weighted by Gasteiger charge is -2.30. The van der Waals surface area contributed by atoms with E-state index in [9.17, 15) is 32.3 Å². The number of pyridine rings is 1. The SMILES string of the molecule is Cc1cccc(C(=O)N[C@@]2(C(F)(F)F)C(=O)Nc3c2c(=O)[nH]c(=O)n3Cc2cccnc2)c1. The number of aromatic nitrogens is 3. The minimum Gasteiger partial charge on any atom is -0.326 e. The summed E-state index contributed by atoms with van der Waals surface area (Å²) in [6.45, 7) is 1.35. The van der Waals surface area contributed by atoms with Crippen molar-refractivity contribution in [1.82, 2.24) is 19.9 Å². The Kier molecular flexibility index (Phi) is 5.15. The van der Waals surface area contributed by atoms with Crippen LogP contribution in [-0.2, 0) is 16.9 Å². The number of nitrogens with zero attached hydrogens (tertiary/aromatic N) is 2. The molecule has 1 aliphatic heterocycles. The topological polar surface area (TPSA) is 126 Å². The molecule has 1 atom stereocenters. The van der Waals surface area contributed by atoms with Gasteiger partial charge in [0.2, 0.25) is 0 Å². The number of amides is 2. The van der Waals surface area contributed by atoms with Crippen LogP contribution < -0.4 is 21.9 Å². The van der Waals surface area contributed by atoms with Crippen molar-refractivity contribution in [3.63, 3.8) is 0 Å². The molecule has 1 aliphatic rings. The lowest BCUT2D eigenvalue weighted by molar-refractivity contribution is -0.196. The fraction of sp³-hybridized carbons (Fsp3) is 0.190. The number of carbonyl (C=O) groups is 2. The van der Waals surface area contributed by atoms with Crippen LogP contribution in [0, 0.1) is 6.92 Å². The maximum atomic E-state index is 14.4. The summed E-state index contributed by atoms with van der Waals surface area (Å²) in [5.74, 6) is -3.58. The molecule has 2 aromatic heterocycles. The fourth-order valence-corrected chi connectivity index (χ4v) is 3.68. The van der Waals surface area contributed by atoms with E-state index in [1.807, 2.05) is 10.3 Å².